The van der Waals surface area contributed by atoms with E-state index in [0.29, 0.717) is 16.3 Å². The fourth-order valence-electron chi connectivity index (χ4n) is 2.28. The molecule has 0 saturated heterocycles. The summed E-state index contributed by atoms with van der Waals surface area (Å²) in [4.78, 5) is 7.64. The summed E-state index contributed by atoms with van der Waals surface area (Å²) in [5, 5.41) is 0. The number of hydrogen-bond donors (Lipinski definition) is 1. The van der Waals surface area contributed by atoms with Crippen molar-refractivity contribution in [3.8, 4) is 17.3 Å². The molecule has 5 nitrogen and oxygen atoms in total. The van der Waals surface area contributed by atoms with Crippen LogP contribution in [0, 0.1) is 11.7 Å². The number of benzene rings is 1. The first-order chi connectivity index (χ1) is 10.1. The van der Waals surface area contributed by atoms with E-state index in [1.165, 1.54) is 0 Å². The Bertz CT molecular complexity index is 867. The third-order valence-corrected chi connectivity index (χ3v) is 3.58. The fraction of sp³-hybridized carbons (Fsp3) is 0.200. The predicted octanol–water partition coefficient (Wildman–Crippen LogP) is 3.41. The fourth-order valence-corrected chi connectivity index (χ4v) is 2.57. The van der Waals surface area contributed by atoms with E-state index in [2.05, 4.69) is 9.97 Å². The van der Waals surface area contributed by atoms with Crippen molar-refractivity contribution in [3.63, 3.8) is 0 Å². The molecule has 0 fully saturated rings. The highest BCUT2D eigenvalue weighted by molar-refractivity contribution is 7.71. The Labute approximate surface area is 127 Å². The maximum atomic E-state index is 5.44. The molecule has 0 aliphatic carbocycles. The smallest absolute Gasteiger partial charge is 0.215 e. The van der Waals surface area contributed by atoms with Gasteiger partial charge in [-0.3, -0.25) is 4.57 Å². The molecule has 3 rings (SSSR count). The number of fused-ring (bicyclic) bond motifs is 1. The van der Waals surface area contributed by atoms with Crippen molar-refractivity contribution in [1.29, 1.82) is 0 Å². The molecule has 2 aromatic heterocycles. The number of methoxy groups -OCH3 is 2. The monoisotopic (exact) mass is 301 g/mol. The van der Waals surface area contributed by atoms with Crippen LogP contribution in [0.2, 0.25) is 0 Å². The van der Waals surface area contributed by atoms with Crippen LogP contribution in [0.25, 0.3) is 16.9 Å². The lowest BCUT2D eigenvalue weighted by Gasteiger charge is -2.11. The van der Waals surface area contributed by atoms with Crippen LogP contribution in [0.4, 0.5) is 0 Å². The molecule has 0 unspecified atom stereocenters. The van der Waals surface area contributed by atoms with E-state index in [-0.39, 0.29) is 0 Å². The van der Waals surface area contributed by atoms with Gasteiger partial charge >= 0.3 is 0 Å². The number of rotatable bonds is 3. The molecular formula is C15H15N3O2S. The number of aryl methyl sites for hydroxylation is 1. The summed E-state index contributed by atoms with van der Waals surface area (Å²) >= 11 is 5.44. The Kier molecular flexibility index (Phi) is 3.39. The average molecular weight is 301 g/mol. The molecule has 0 radical (unpaired) electrons. The zero-order chi connectivity index (χ0) is 15.0. The lowest BCUT2D eigenvalue weighted by molar-refractivity contribution is 0.399. The van der Waals surface area contributed by atoms with Gasteiger partial charge in [-0.1, -0.05) is 6.07 Å². The van der Waals surface area contributed by atoms with Crippen LogP contribution in [0.5, 0.6) is 11.6 Å². The molecule has 1 aromatic carbocycles. The minimum Gasteiger partial charge on any atom is -0.495 e. The van der Waals surface area contributed by atoms with Crippen molar-refractivity contribution in [2.75, 3.05) is 14.2 Å². The first kappa shape index (κ1) is 13.6. The lowest BCUT2D eigenvalue weighted by Crippen LogP contribution is -2.00. The van der Waals surface area contributed by atoms with Gasteiger partial charge in [-0.15, -0.1) is 0 Å². The van der Waals surface area contributed by atoms with Gasteiger partial charge in [-0.25, -0.2) is 0 Å². The summed E-state index contributed by atoms with van der Waals surface area (Å²) in [5.41, 5.74) is 3.53. The first-order valence-corrected chi connectivity index (χ1v) is 6.85. The van der Waals surface area contributed by atoms with Gasteiger partial charge < -0.3 is 14.5 Å². The van der Waals surface area contributed by atoms with E-state index in [1.807, 2.05) is 35.8 Å². The van der Waals surface area contributed by atoms with Crippen LogP contribution in [-0.2, 0) is 0 Å². The van der Waals surface area contributed by atoms with Gasteiger partial charge in [0.2, 0.25) is 5.88 Å². The first-order valence-electron chi connectivity index (χ1n) is 6.45. The number of pyridine rings is 1. The van der Waals surface area contributed by atoms with E-state index < -0.39 is 0 Å². The third kappa shape index (κ3) is 2.27. The minimum absolute atomic E-state index is 0.539. The van der Waals surface area contributed by atoms with Crippen LogP contribution in [0.1, 0.15) is 5.56 Å². The molecular weight excluding hydrogens is 286 g/mol. The number of hydrogen-bond acceptors (Lipinski definition) is 4. The number of aromatic amines is 1. The lowest BCUT2D eigenvalue weighted by atomic mass is 10.2. The Morgan fingerprint density at radius 2 is 1.95 bits per heavy atom. The summed E-state index contributed by atoms with van der Waals surface area (Å²) in [7, 11) is 3.23. The molecule has 21 heavy (non-hydrogen) atoms. The zero-order valence-corrected chi connectivity index (χ0v) is 12.8. The Balaban J connectivity index is 2.36. The molecule has 2 heterocycles. The molecule has 0 amide bonds. The highest BCUT2D eigenvalue weighted by atomic mass is 32.1. The van der Waals surface area contributed by atoms with Gasteiger partial charge in [0.25, 0.3) is 0 Å². The maximum Gasteiger partial charge on any atom is 0.215 e. The molecule has 0 bridgehead atoms. The number of aromatic nitrogens is 3. The van der Waals surface area contributed by atoms with Crippen LogP contribution >= 0.6 is 12.2 Å². The number of ether oxygens (including phenoxy) is 2. The molecule has 6 heteroatoms. The summed E-state index contributed by atoms with van der Waals surface area (Å²) in [5.74, 6) is 1.28. The second-order valence-corrected chi connectivity index (χ2v) is 5.05. The van der Waals surface area contributed by atoms with Crippen molar-refractivity contribution in [3.05, 3.63) is 40.7 Å². The second kappa shape index (κ2) is 5.21. The van der Waals surface area contributed by atoms with E-state index in [0.717, 1.165) is 22.5 Å². The van der Waals surface area contributed by atoms with Gasteiger partial charge in [0.05, 0.1) is 25.4 Å². The summed E-state index contributed by atoms with van der Waals surface area (Å²) < 4.78 is 13.1. The van der Waals surface area contributed by atoms with E-state index in [9.17, 15) is 0 Å². The molecule has 1 N–H and O–H groups in total. The van der Waals surface area contributed by atoms with Gasteiger partial charge in [0.15, 0.2) is 10.4 Å². The standard InChI is InChI=1S/C15H15N3O2S/c1-9-4-6-12(19-2)11(8-9)18-14-10(16-15(18)21)5-7-13(17-14)20-3/h4-8H,1-3H3,(H,16,21). The topological polar surface area (TPSA) is 52.1 Å². The van der Waals surface area contributed by atoms with Crippen molar-refractivity contribution in [2.45, 2.75) is 6.92 Å². The Morgan fingerprint density at radius 3 is 2.67 bits per heavy atom. The summed E-state index contributed by atoms with van der Waals surface area (Å²) in [6.45, 7) is 2.02. The van der Waals surface area contributed by atoms with Crippen molar-refractivity contribution in [1.82, 2.24) is 14.5 Å². The van der Waals surface area contributed by atoms with Crippen molar-refractivity contribution < 1.29 is 9.47 Å². The van der Waals surface area contributed by atoms with E-state index in [4.69, 9.17) is 21.7 Å². The normalized spacial score (nSPS) is 10.8. The van der Waals surface area contributed by atoms with Gasteiger partial charge in [0.1, 0.15) is 5.75 Å². The van der Waals surface area contributed by atoms with Crippen LogP contribution < -0.4 is 9.47 Å². The molecule has 0 atom stereocenters. The van der Waals surface area contributed by atoms with Crippen molar-refractivity contribution >= 4 is 23.4 Å². The number of imidazole rings is 1. The van der Waals surface area contributed by atoms with E-state index in [1.54, 1.807) is 20.3 Å². The second-order valence-electron chi connectivity index (χ2n) is 4.67. The SMILES string of the molecule is COc1ccc2[nH]c(=S)n(-c3cc(C)ccc3OC)c2n1. The molecule has 0 saturated carbocycles. The Hall–Kier alpha value is -2.34. The third-order valence-electron chi connectivity index (χ3n) is 3.29. The molecule has 3 aromatic rings. The maximum absolute atomic E-state index is 5.44. The highest BCUT2D eigenvalue weighted by Crippen LogP contribution is 2.28. The Morgan fingerprint density at radius 1 is 1.14 bits per heavy atom. The number of H-pyrrole nitrogens is 1. The van der Waals surface area contributed by atoms with Crippen molar-refractivity contribution in [2.24, 2.45) is 0 Å². The summed E-state index contributed by atoms with van der Waals surface area (Å²) in [6, 6.07) is 9.63. The van der Waals surface area contributed by atoms with Gasteiger partial charge in [0, 0.05) is 6.07 Å². The minimum atomic E-state index is 0.539. The zero-order valence-electron chi connectivity index (χ0n) is 12.0. The van der Waals surface area contributed by atoms with Gasteiger partial charge in [-0.05, 0) is 42.9 Å². The number of nitrogens with zero attached hydrogens (tertiary/aromatic N) is 2. The highest BCUT2D eigenvalue weighted by Gasteiger charge is 2.13. The molecule has 0 aliphatic rings. The average Bonchev–Trinajstić information content (AvgIpc) is 2.81. The summed E-state index contributed by atoms with van der Waals surface area (Å²) in [6.07, 6.45) is 0. The molecule has 0 aliphatic heterocycles. The van der Waals surface area contributed by atoms with Gasteiger partial charge in [-0.2, -0.15) is 4.98 Å². The largest absolute Gasteiger partial charge is 0.495 e. The quantitative estimate of drug-likeness (QED) is 0.753. The van der Waals surface area contributed by atoms with Crippen LogP contribution in [0.3, 0.4) is 0 Å². The van der Waals surface area contributed by atoms with Crippen LogP contribution in [-0.4, -0.2) is 28.8 Å². The predicted molar refractivity (Wildman–Crippen MR) is 84.1 cm³/mol. The van der Waals surface area contributed by atoms with E-state index >= 15 is 0 Å². The molecule has 0 spiro atoms. The molecule has 108 valence electrons. The van der Waals surface area contributed by atoms with Crippen LogP contribution in [0.15, 0.2) is 30.3 Å². The number of nitrogens with one attached hydrogen (secondary N) is 1.